The quantitative estimate of drug-likeness (QED) is 0.505. The van der Waals surface area contributed by atoms with Crippen LogP contribution in [0.3, 0.4) is 0 Å². The highest BCUT2D eigenvalue weighted by molar-refractivity contribution is 6.10. The van der Waals surface area contributed by atoms with Gasteiger partial charge in [0, 0.05) is 29.7 Å². The Morgan fingerprint density at radius 3 is 2.59 bits per heavy atom. The van der Waals surface area contributed by atoms with Crippen LogP contribution in [0.2, 0.25) is 0 Å². The zero-order valence-corrected chi connectivity index (χ0v) is 14.3. The molecule has 5 aromatic rings. The summed E-state index contributed by atoms with van der Waals surface area (Å²) in [5.74, 6) is -1.23. The number of aryl methyl sites for hydroxylation is 1. The van der Waals surface area contributed by atoms with Gasteiger partial charge < -0.3 is 5.11 Å². The van der Waals surface area contributed by atoms with Crippen molar-refractivity contribution < 1.29 is 14.3 Å². The van der Waals surface area contributed by atoms with Crippen molar-refractivity contribution >= 4 is 38.7 Å². The molecule has 27 heavy (non-hydrogen) atoms. The minimum Gasteiger partial charge on any atom is -0.478 e. The summed E-state index contributed by atoms with van der Waals surface area (Å²) < 4.78 is 17.2. The van der Waals surface area contributed by atoms with Gasteiger partial charge >= 0.3 is 5.97 Å². The predicted molar refractivity (Wildman–Crippen MR) is 102 cm³/mol. The van der Waals surface area contributed by atoms with E-state index in [1.54, 1.807) is 28.9 Å². The molecule has 5 nitrogen and oxygen atoms in total. The van der Waals surface area contributed by atoms with Crippen LogP contribution in [-0.2, 0) is 7.05 Å². The molecule has 0 bridgehead atoms. The lowest BCUT2D eigenvalue weighted by Crippen LogP contribution is -1.98. The fraction of sp³-hybridized carbons (Fsp3) is 0.0476. The molecule has 0 radical (unpaired) electrons. The lowest BCUT2D eigenvalue weighted by atomic mass is 10.1. The van der Waals surface area contributed by atoms with Crippen molar-refractivity contribution in [1.29, 1.82) is 0 Å². The number of hydrogen-bond donors (Lipinski definition) is 1. The van der Waals surface area contributed by atoms with Gasteiger partial charge in [0.1, 0.15) is 5.82 Å². The van der Waals surface area contributed by atoms with Crippen LogP contribution in [-0.4, -0.2) is 25.4 Å². The SMILES string of the molecule is Cn1cc2c3cc(C(=O)O)ccc3n(-c3ccc4cc(F)ccc4c3)c2n1. The summed E-state index contributed by atoms with van der Waals surface area (Å²) >= 11 is 0. The highest BCUT2D eigenvalue weighted by Gasteiger charge is 2.17. The van der Waals surface area contributed by atoms with Gasteiger partial charge in [-0.3, -0.25) is 9.25 Å². The first-order chi connectivity index (χ1) is 13.0. The first-order valence-electron chi connectivity index (χ1n) is 8.42. The van der Waals surface area contributed by atoms with Crippen molar-refractivity contribution in [3.8, 4) is 5.69 Å². The third-order valence-electron chi connectivity index (χ3n) is 4.84. The second-order valence-corrected chi connectivity index (χ2v) is 6.59. The molecule has 1 N–H and O–H groups in total. The molecule has 0 spiro atoms. The number of rotatable bonds is 2. The number of fused-ring (bicyclic) bond motifs is 4. The molecule has 0 atom stereocenters. The molecule has 5 rings (SSSR count). The number of carboxylic acids is 1. The molecule has 0 amide bonds. The van der Waals surface area contributed by atoms with Gasteiger partial charge in [-0.25, -0.2) is 9.18 Å². The van der Waals surface area contributed by atoms with Crippen LogP contribution in [0.4, 0.5) is 4.39 Å². The fourth-order valence-corrected chi connectivity index (χ4v) is 3.63. The van der Waals surface area contributed by atoms with E-state index in [1.165, 1.54) is 12.1 Å². The molecule has 0 saturated heterocycles. The minimum atomic E-state index is -0.963. The summed E-state index contributed by atoms with van der Waals surface area (Å²) in [6.45, 7) is 0. The van der Waals surface area contributed by atoms with Crippen molar-refractivity contribution in [2.75, 3.05) is 0 Å². The Bertz CT molecular complexity index is 1380. The van der Waals surface area contributed by atoms with Gasteiger partial charge in [-0.05, 0) is 53.2 Å². The molecule has 2 aromatic heterocycles. The van der Waals surface area contributed by atoms with E-state index in [1.807, 2.05) is 36.0 Å². The number of halogens is 1. The van der Waals surface area contributed by atoms with Gasteiger partial charge in [-0.15, -0.1) is 0 Å². The van der Waals surface area contributed by atoms with Crippen LogP contribution < -0.4 is 0 Å². The number of benzene rings is 3. The van der Waals surface area contributed by atoms with E-state index in [9.17, 15) is 14.3 Å². The van der Waals surface area contributed by atoms with E-state index in [4.69, 9.17) is 0 Å². The molecule has 0 aliphatic rings. The molecular formula is C21H14FN3O2. The Morgan fingerprint density at radius 2 is 1.78 bits per heavy atom. The van der Waals surface area contributed by atoms with Crippen molar-refractivity contribution in [2.24, 2.45) is 7.05 Å². The highest BCUT2D eigenvalue weighted by atomic mass is 19.1. The topological polar surface area (TPSA) is 60.1 Å². The number of nitrogens with zero attached hydrogens (tertiary/aromatic N) is 3. The largest absolute Gasteiger partial charge is 0.478 e. The van der Waals surface area contributed by atoms with Gasteiger partial charge in [0.2, 0.25) is 0 Å². The van der Waals surface area contributed by atoms with E-state index in [-0.39, 0.29) is 11.4 Å². The van der Waals surface area contributed by atoms with Gasteiger partial charge in [-0.1, -0.05) is 12.1 Å². The van der Waals surface area contributed by atoms with Crippen LogP contribution in [0.1, 0.15) is 10.4 Å². The van der Waals surface area contributed by atoms with Crippen LogP contribution >= 0.6 is 0 Å². The van der Waals surface area contributed by atoms with Gasteiger partial charge in [0.15, 0.2) is 5.65 Å². The summed E-state index contributed by atoms with van der Waals surface area (Å²) in [5.41, 5.74) is 2.74. The molecule has 0 aliphatic heterocycles. The Balaban J connectivity index is 1.85. The van der Waals surface area contributed by atoms with E-state index in [0.717, 1.165) is 38.4 Å². The molecule has 132 valence electrons. The molecule has 6 heteroatoms. The number of aromatic carboxylic acids is 1. The number of hydrogen-bond acceptors (Lipinski definition) is 2. The molecular weight excluding hydrogens is 345 g/mol. The molecule has 0 unspecified atom stereocenters. The summed E-state index contributed by atoms with van der Waals surface area (Å²) in [4.78, 5) is 11.4. The molecule has 2 heterocycles. The third-order valence-corrected chi connectivity index (χ3v) is 4.84. The second kappa shape index (κ2) is 5.41. The fourth-order valence-electron chi connectivity index (χ4n) is 3.63. The lowest BCUT2D eigenvalue weighted by Gasteiger charge is -2.08. The monoisotopic (exact) mass is 359 g/mol. The standard InChI is InChI=1S/C21H14FN3O2/c1-24-11-18-17-10-14(21(26)27)4-7-19(17)25(20(18)23-24)16-6-3-12-8-15(22)5-2-13(12)9-16/h2-11H,1H3,(H,26,27). The van der Waals surface area contributed by atoms with E-state index in [0.29, 0.717) is 0 Å². The van der Waals surface area contributed by atoms with Crippen LogP contribution in [0, 0.1) is 5.82 Å². The zero-order chi connectivity index (χ0) is 18.7. The van der Waals surface area contributed by atoms with E-state index < -0.39 is 5.97 Å². The summed E-state index contributed by atoms with van der Waals surface area (Å²) in [5, 5.41) is 17.3. The van der Waals surface area contributed by atoms with Crippen molar-refractivity contribution in [3.63, 3.8) is 0 Å². The Labute approximate surface area is 152 Å². The smallest absolute Gasteiger partial charge is 0.335 e. The average molecular weight is 359 g/mol. The van der Waals surface area contributed by atoms with Crippen molar-refractivity contribution in [1.82, 2.24) is 14.3 Å². The average Bonchev–Trinajstić information content (AvgIpc) is 3.15. The number of carbonyl (C=O) groups is 1. The Hall–Kier alpha value is -3.67. The predicted octanol–water partition coefficient (Wildman–Crippen LogP) is 4.51. The Morgan fingerprint density at radius 1 is 1.00 bits per heavy atom. The van der Waals surface area contributed by atoms with Gasteiger partial charge in [0.05, 0.1) is 11.1 Å². The van der Waals surface area contributed by atoms with Crippen LogP contribution in [0.25, 0.3) is 38.4 Å². The second-order valence-electron chi connectivity index (χ2n) is 6.59. The highest BCUT2D eigenvalue weighted by Crippen LogP contribution is 2.33. The van der Waals surface area contributed by atoms with E-state index in [2.05, 4.69) is 5.10 Å². The maximum atomic E-state index is 13.5. The molecule has 0 aliphatic carbocycles. The van der Waals surface area contributed by atoms with Gasteiger partial charge in [-0.2, -0.15) is 5.10 Å². The van der Waals surface area contributed by atoms with E-state index >= 15 is 0 Å². The maximum Gasteiger partial charge on any atom is 0.335 e. The number of carboxylic acid groups (broad SMARTS) is 1. The van der Waals surface area contributed by atoms with Gasteiger partial charge in [0.25, 0.3) is 0 Å². The first kappa shape index (κ1) is 15.6. The first-order valence-corrected chi connectivity index (χ1v) is 8.42. The number of aromatic nitrogens is 3. The Kier molecular flexibility index (Phi) is 3.12. The van der Waals surface area contributed by atoms with Crippen molar-refractivity contribution in [3.05, 3.63) is 72.2 Å². The molecule has 0 fully saturated rings. The zero-order valence-electron chi connectivity index (χ0n) is 14.3. The summed E-state index contributed by atoms with van der Waals surface area (Å²) in [6.07, 6.45) is 1.89. The maximum absolute atomic E-state index is 13.5. The lowest BCUT2D eigenvalue weighted by molar-refractivity contribution is 0.0697. The van der Waals surface area contributed by atoms with Crippen molar-refractivity contribution in [2.45, 2.75) is 0 Å². The molecule has 3 aromatic carbocycles. The summed E-state index contributed by atoms with van der Waals surface area (Å²) in [7, 11) is 1.83. The van der Waals surface area contributed by atoms with Crippen LogP contribution in [0.15, 0.2) is 60.8 Å². The minimum absolute atomic E-state index is 0.236. The summed E-state index contributed by atoms with van der Waals surface area (Å²) in [6, 6.07) is 15.5. The molecule has 0 saturated carbocycles. The third kappa shape index (κ3) is 2.30. The van der Waals surface area contributed by atoms with Crippen LogP contribution in [0.5, 0.6) is 0 Å². The normalized spacial score (nSPS) is 11.6.